The number of rotatable bonds is 4. The van der Waals surface area contributed by atoms with Crippen molar-refractivity contribution in [1.29, 1.82) is 0 Å². The molecule has 11 heteroatoms. The molecule has 0 radical (unpaired) electrons. The molecular formula is C17H24F3N5O2S. The summed E-state index contributed by atoms with van der Waals surface area (Å²) >= 11 is 0.950. The minimum Gasteiger partial charge on any atom is -0.368 e. The molecule has 2 aliphatic rings. The van der Waals surface area contributed by atoms with Crippen molar-refractivity contribution in [2.75, 3.05) is 39.3 Å². The molecule has 0 aromatic carbocycles. The number of piperazine rings is 1. The third-order valence-electron chi connectivity index (χ3n) is 4.64. The number of carbonyl (C=O) groups excluding carboxylic acids is 1. The molecule has 7 nitrogen and oxygen atoms in total. The number of amides is 1. The van der Waals surface area contributed by atoms with E-state index in [2.05, 4.69) is 15.3 Å². The van der Waals surface area contributed by atoms with Crippen molar-refractivity contribution in [3.05, 3.63) is 16.1 Å². The van der Waals surface area contributed by atoms with Crippen LogP contribution in [0.25, 0.3) is 0 Å². The third-order valence-corrected chi connectivity index (χ3v) is 5.47. The lowest BCUT2D eigenvalue weighted by molar-refractivity contribution is -0.142. The molecule has 2 fully saturated rings. The zero-order valence-corrected chi connectivity index (χ0v) is 16.5. The van der Waals surface area contributed by atoms with Crippen LogP contribution in [0.4, 0.5) is 13.2 Å². The monoisotopic (exact) mass is 419 g/mol. The Balaban J connectivity index is 1.57. The smallest absolute Gasteiger partial charge is 0.368 e. The summed E-state index contributed by atoms with van der Waals surface area (Å²) < 4.78 is 43.5. The van der Waals surface area contributed by atoms with E-state index in [4.69, 9.17) is 4.74 Å². The van der Waals surface area contributed by atoms with E-state index in [0.717, 1.165) is 29.6 Å². The van der Waals surface area contributed by atoms with E-state index in [1.807, 2.05) is 16.7 Å². The van der Waals surface area contributed by atoms with Crippen molar-refractivity contribution < 1.29 is 22.7 Å². The molecule has 2 aliphatic heterocycles. The Morgan fingerprint density at radius 1 is 1.36 bits per heavy atom. The first kappa shape index (κ1) is 20.8. The highest BCUT2D eigenvalue weighted by molar-refractivity contribution is 7.09. The van der Waals surface area contributed by atoms with Crippen LogP contribution in [0.2, 0.25) is 0 Å². The van der Waals surface area contributed by atoms with Gasteiger partial charge >= 0.3 is 6.18 Å². The standard InChI is InChI=1S/C17H24F3N5O2S/c1-2-21-16(22-10-14-23-13(11-28-14)17(18,19)20)25-7-5-24(6-8-25)15(26)12-4-3-9-27-12/h11-12H,2-10H2,1H3,(H,21,22). The van der Waals surface area contributed by atoms with Gasteiger partial charge in [-0.15, -0.1) is 11.3 Å². The molecule has 1 aromatic rings. The number of aliphatic imine (C=N–C) groups is 1. The molecular weight excluding hydrogens is 395 g/mol. The number of aromatic nitrogens is 1. The Morgan fingerprint density at radius 2 is 2.07 bits per heavy atom. The van der Waals surface area contributed by atoms with Crippen molar-refractivity contribution in [3.63, 3.8) is 0 Å². The molecule has 1 atom stereocenters. The lowest BCUT2D eigenvalue weighted by Crippen LogP contribution is -2.55. The third kappa shape index (κ3) is 5.13. The van der Waals surface area contributed by atoms with Crippen LogP contribution < -0.4 is 5.32 Å². The van der Waals surface area contributed by atoms with E-state index >= 15 is 0 Å². The fourth-order valence-electron chi connectivity index (χ4n) is 3.20. The van der Waals surface area contributed by atoms with Crippen LogP contribution in [-0.4, -0.2) is 72.1 Å². The maximum absolute atomic E-state index is 12.7. The SMILES string of the molecule is CCNC(=NCc1nc(C(F)(F)F)cs1)N1CCN(C(=O)C2CCCO2)CC1. The molecule has 28 heavy (non-hydrogen) atoms. The van der Waals surface area contributed by atoms with Crippen molar-refractivity contribution >= 4 is 23.2 Å². The number of guanidine groups is 1. The van der Waals surface area contributed by atoms with Gasteiger partial charge < -0.3 is 19.9 Å². The zero-order chi connectivity index (χ0) is 20.1. The van der Waals surface area contributed by atoms with E-state index in [0.29, 0.717) is 50.3 Å². The number of hydrogen-bond acceptors (Lipinski definition) is 5. The predicted octanol–water partition coefficient (Wildman–Crippen LogP) is 1.95. The summed E-state index contributed by atoms with van der Waals surface area (Å²) in [6.45, 7) is 5.64. The maximum atomic E-state index is 12.7. The Hall–Kier alpha value is -1.88. The molecule has 0 bridgehead atoms. The van der Waals surface area contributed by atoms with Gasteiger partial charge in [0.05, 0.1) is 6.54 Å². The average Bonchev–Trinajstić information content (AvgIpc) is 3.36. The minimum atomic E-state index is -4.44. The lowest BCUT2D eigenvalue weighted by Gasteiger charge is -2.37. The summed E-state index contributed by atoms with van der Waals surface area (Å²) in [5, 5.41) is 4.48. The summed E-state index contributed by atoms with van der Waals surface area (Å²) in [4.78, 5) is 24.3. The van der Waals surface area contributed by atoms with Crippen LogP contribution in [0.3, 0.4) is 0 Å². The van der Waals surface area contributed by atoms with Gasteiger partial charge in [0.1, 0.15) is 11.1 Å². The van der Waals surface area contributed by atoms with Crippen molar-refractivity contribution in [1.82, 2.24) is 20.1 Å². The molecule has 1 N–H and O–H groups in total. The van der Waals surface area contributed by atoms with Crippen LogP contribution in [0.1, 0.15) is 30.5 Å². The van der Waals surface area contributed by atoms with Crippen LogP contribution >= 0.6 is 11.3 Å². The normalized spacial score (nSPS) is 21.3. The van der Waals surface area contributed by atoms with Gasteiger partial charge in [0.2, 0.25) is 0 Å². The second-order valence-corrected chi connectivity index (χ2v) is 7.55. The Labute approximate surface area is 165 Å². The van der Waals surface area contributed by atoms with E-state index in [9.17, 15) is 18.0 Å². The summed E-state index contributed by atoms with van der Waals surface area (Å²) in [6, 6.07) is 0. The van der Waals surface area contributed by atoms with E-state index < -0.39 is 11.9 Å². The van der Waals surface area contributed by atoms with Crippen molar-refractivity contribution in [3.8, 4) is 0 Å². The number of thiazole rings is 1. The van der Waals surface area contributed by atoms with Gasteiger partial charge in [-0.1, -0.05) is 0 Å². The molecule has 2 saturated heterocycles. The van der Waals surface area contributed by atoms with E-state index in [1.54, 1.807) is 0 Å². The largest absolute Gasteiger partial charge is 0.434 e. The summed E-state index contributed by atoms with van der Waals surface area (Å²) in [5.41, 5.74) is -0.881. The number of hydrogen-bond donors (Lipinski definition) is 1. The topological polar surface area (TPSA) is 70.1 Å². The average molecular weight is 419 g/mol. The number of nitrogens with zero attached hydrogens (tertiary/aromatic N) is 4. The molecule has 156 valence electrons. The van der Waals surface area contributed by atoms with Gasteiger partial charge in [0.25, 0.3) is 5.91 Å². The molecule has 0 saturated carbocycles. The number of nitrogens with one attached hydrogen (secondary N) is 1. The second kappa shape index (κ2) is 9.08. The van der Waals surface area contributed by atoms with Gasteiger partial charge in [-0.25, -0.2) is 9.98 Å². The molecule has 1 aromatic heterocycles. The quantitative estimate of drug-likeness (QED) is 0.597. The van der Waals surface area contributed by atoms with Crippen LogP contribution in [-0.2, 0) is 22.3 Å². The van der Waals surface area contributed by atoms with E-state index in [1.165, 1.54) is 0 Å². The summed E-state index contributed by atoms with van der Waals surface area (Å²) in [5.74, 6) is 0.664. The summed E-state index contributed by atoms with van der Waals surface area (Å²) in [7, 11) is 0. The fourth-order valence-corrected chi connectivity index (χ4v) is 3.92. The van der Waals surface area contributed by atoms with Gasteiger partial charge in [-0.2, -0.15) is 13.2 Å². The van der Waals surface area contributed by atoms with Crippen molar-refractivity contribution in [2.24, 2.45) is 4.99 Å². The highest BCUT2D eigenvalue weighted by Crippen LogP contribution is 2.30. The maximum Gasteiger partial charge on any atom is 0.434 e. The molecule has 1 unspecified atom stereocenters. The first-order valence-corrected chi connectivity index (χ1v) is 10.2. The number of halogens is 3. The first-order chi connectivity index (χ1) is 13.4. The van der Waals surface area contributed by atoms with Crippen molar-refractivity contribution in [2.45, 2.75) is 38.6 Å². The van der Waals surface area contributed by atoms with Gasteiger partial charge in [-0.3, -0.25) is 4.79 Å². The van der Waals surface area contributed by atoms with Gasteiger partial charge in [0, 0.05) is 44.7 Å². The molecule has 0 aliphatic carbocycles. The molecule has 3 rings (SSSR count). The molecule has 0 spiro atoms. The van der Waals surface area contributed by atoms with Crippen LogP contribution in [0.5, 0.6) is 0 Å². The molecule has 3 heterocycles. The second-order valence-electron chi connectivity index (χ2n) is 6.61. The lowest BCUT2D eigenvalue weighted by atomic mass is 10.2. The van der Waals surface area contributed by atoms with Gasteiger partial charge in [0.15, 0.2) is 11.7 Å². The minimum absolute atomic E-state index is 0.0431. The predicted molar refractivity (Wildman–Crippen MR) is 99.1 cm³/mol. The Kier molecular flexibility index (Phi) is 6.76. The van der Waals surface area contributed by atoms with Crippen LogP contribution in [0.15, 0.2) is 10.4 Å². The Bertz CT molecular complexity index is 695. The fraction of sp³-hybridized carbons (Fsp3) is 0.706. The number of ether oxygens (including phenoxy) is 1. The van der Waals surface area contributed by atoms with E-state index in [-0.39, 0.29) is 18.6 Å². The first-order valence-electron chi connectivity index (χ1n) is 9.33. The zero-order valence-electron chi connectivity index (χ0n) is 15.7. The van der Waals surface area contributed by atoms with Gasteiger partial charge in [-0.05, 0) is 19.8 Å². The molecule has 1 amide bonds. The number of carbonyl (C=O) groups is 1. The summed E-state index contributed by atoms with van der Waals surface area (Å²) in [6.07, 6.45) is -3.06. The Morgan fingerprint density at radius 3 is 2.64 bits per heavy atom. The highest BCUT2D eigenvalue weighted by Gasteiger charge is 2.34. The van der Waals surface area contributed by atoms with Crippen LogP contribution in [0, 0.1) is 0 Å². The number of alkyl halides is 3. The highest BCUT2D eigenvalue weighted by atomic mass is 32.1.